The number of hydrogen-bond donors (Lipinski definition) is 2. The number of hydrogen-bond acceptors (Lipinski definition) is 3. The van der Waals surface area contributed by atoms with E-state index in [1.54, 1.807) is 36.4 Å². The summed E-state index contributed by atoms with van der Waals surface area (Å²) in [6.07, 6.45) is 0. The van der Waals surface area contributed by atoms with Gasteiger partial charge in [-0.25, -0.2) is 0 Å². The van der Waals surface area contributed by atoms with E-state index >= 15 is 0 Å². The van der Waals surface area contributed by atoms with Crippen LogP contribution in [0.15, 0.2) is 41.6 Å². The van der Waals surface area contributed by atoms with Crippen LogP contribution in [0.2, 0.25) is 10.0 Å². The lowest BCUT2D eigenvalue weighted by Crippen LogP contribution is -2.13. The molecule has 2 aromatic rings. The molecule has 0 amide bonds. The van der Waals surface area contributed by atoms with Crippen molar-refractivity contribution in [3.63, 3.8) is 0 Å². The highest BCUT2D eigenvalue weighted by atomic mass is 35.5. The van der Waals surface area contributed by atoms with Crippen molar-refractivity contribution in [3.8, 4) is 11.5 Å². The van der Waals surface area contributed by atoms with Crippen LogP contribution in [0.5, 0.6) is 11.5 Å². The Morgan fingerprint density at radius 2 is 1.90 bits per heavy atom. The van der Waals surface area contributed by atoms with E-state index in [2.05, 4.69) is 5.16 Å². The summed E-state index contributed by atoms with van der Waals surface area (Å²) >= 11 is 11.8. The van der Waals surface area contributed by atoms with Crippen molar-refractivity contribution >= 4 is 29.0 Å². The lowest BCUT2D eigenvalue weighted by atomic mass is 10.1. The average Bonchev–Trinajstić information content (AvgIpc) is 2.44. The van der Waals surface area contributed by atoms with E-state index in [9.17, 15) is 0 Å². The van der Waals surface area contributed by atoms with Crippen LogP contribution >= 0.6 is 23.2 Å². The molecule has 0 bridgehead atoms. The van der Waals surface area contributed by atoms with Crippen molar-refractivity contribution in [2.75, 3.05) is 0 Å². The minimum atomic E-state index is 0.0502. The Bertz CT molecular complexity index is 672. The number of halogens is 2. The first-order valence-electron chi connectivity index (χ1n) is 5.72. The van der Waals surface area contributed by atoms with Crippen molar-refractivity contribution in [2.45, 2.75) is 6.92 Å². The third-order valence-electron chi connectivity index (χ3n) is 2.70. The smallest absolute Gasteiger partial charge is 0.170 e. The quantitative estimate of drug-likeness (QED) is 0.386. The number of nitrogens with zero attached hydrogens (tertiary/aromatic N) is 1. The van der Waals surface area contributed by atoms with Gasteiger partial charge in [0.15, 0.2) is 5.84 Å². The minimum Gasteiger partial charge on any atom is -0.457 e. The maximum Gasteiger partial charge on any atom is 0.170 e. The molecule has 0 unspecified atom stereocenters. The highest BCUT2D eigenvalue weighted by Gasteiger charge is 2.07. The molecule has 0 heterocycles. The van der Waals surface area contributed by atoms with Crippen molar-refractivity contribution in [2.24, 2.45) is 10.9 Å². The van der Waals surface area contributed by atoms with E-state index in [1.165, 1.54) is 0 Å². The van der Waals surface area contributed by atoms with Crippen LogP contribution in [0.3, 0.4) is 0 Å². The van der Waals surface area contributed by atoms with Crippen LogP contribution in [-0.4, -0.2) is 11.0 Å². The summed E-state index contributed by atoms with van der Waals surface area (Å²) in [4.78, 5) is 0. The number of ether oxygens (including phenoxy) is 1. The van der Waals surface area contributed by atoms with Crippen molar-refractivity contribution in [1.29, 1.82) is 0 Å². The van der Waals surface area contributed by atoms with Crippen LogP contribution < -0.4 is 10.5 Å². The molecule has 20 heavy (non-hydrogen) atoms. The summed E-state index contributed by atoms with van der Waals surface area (Å²) in [5.74, 6) is 1.28. The standard InChI is InChI=1S/C14H12Cl2N2O2/c1-8-6-9(14(17)18-19)2-5-13(8)20-10-3-4-11(15)12(16)7-10/h2-7,19H,1H3,(H2,17,18). The summed E-state index contributed by atoms with van der Waals surface area (Å²) in [5, 5.41) is 12.5. The second-order valence-electron chi connectivity index (χ2n) is 4.14. The second-order valence-corrected chi connectivity index (χ2v) is 4.96. The maximum absolute atomic E-state index is 8.64. The van der Waals surface area contributed by atoms with Gasteiger partial charge in [0.1, 0.15) is 11.5 Å². The summed E-state index contributed by atoms with van der Waals surface area (Å²) < 4.78 is 5.73. The molecule has 4 nitrogen and oxygen atoms in total. The number of oxime groups is 1. The molecular formula is C14H12Cl2N2O2. The Morgan fingerprint density at radius 1 is 1.15 bits per heavy atom. The second kappa shape index (κ2) is 6.03. The molecule has 2 aromatic carbocycles. The first kappa shape index (κ1) is 14.5. The van der Waals surface area contributed by atoms with Crippen LogP contribution in [0.25, 0.3) is 0 Å². The largest absolute Gasteiger partial charge is 0.457 e. The highest BCUT2D eigenvalue weighted by molar-refractivity contribution is 6.42. The lowest BCUT2D eigenvalue weighted by Gasteiger charge is -2.10. The van der Waals surface area contributed by atoms with E-state index in [0.29, 0.717) is 27.1 Å². The first-order chi connectivity index (χ1) is 9.51. The molecule has 0 radical (unpaired) electrons. The molecule has 2 rings (SSSR count). The fourth-order valence-electron chi connectivity index (χ4n) is 1.65. The summed E-state index contributed by atoms with van der Waals surface area (Å²) in [7, 11) is 0. The Kier molecular flexibility index (Phi) is 4.37. The van der Waals surface area contributed by atoms with Crippen LogP contribution in [-0.2, 0) is 0 Å². The normalized spacial score (nSPS) is 11.4. The Morgan fingerprint density at radius 3 is 2.50 bits per heavy atom. The van der Waals surface area contributed by atoms with Gasteiger partial charge in [-0.2, -0.15) is 0 Å². The van der Waals surface area contributed by atoms with E-state index < -0.39 is 0 Å². The molecule has 0 saturated carbocycles. The molecule has 3 N–H and O–H groups in total. The topological polar surface area (TPSA) is 67.8 Å². The average molecular weight is 311 g/mol. The monoisotopic (exact) mass is 310 g/mol. The number of nitrogens with two attached hydrogens (primary N) is 1. The Labute approximate surface area is 126 Å². The molecular weight excluding hydrogens is 299 g/mol. The molecule has 0 aliphatic rings. The third kappa shape index (κ3) is 3.15. The lowest BCUT2D eigenvalue weighted by molar-refractivity contribution is 0.318. The van der Waals surface area contributed by atoms with Gasteiger partial charge in [-0.05, 0) is 42.8 Å². The minimum absolute atomic E-state index is 0.0502. The molecule has 0 aliphatic carbocycles. The fraction of sp³-hybridized carbons (Fsp3) is 0.0714. The van der Waals surface area contributed by atoms with E-state index in [0.717, 1.165) is 5.56 Å². The van der Waals surface area contributed by atoms with Crippen LogP contribution in [0.4, 0.5) is 0 Å². The van der Waals surface area contributed by atoms with Gasteiger partial charge in [-0.3, -0.25) is 0 Å². The SMILES string of the molecule is Cc1cc(/C(N)=N/O)ccc1Oc1ccc(Cl)c(Cl)c1. The van der Waals surface area contributed by atoms with Gasteiger partial charge < -0.3 is 15.7 Å². The van der Waals surface area contributed by atoms with Gasteiger partial charge in [0.2, 0.25) is 0 Å². The number of rotatable bonds is 3. The van der Waals surface area contributed by atoms with Crippen LogP contribution in [0.1, 0.15) is 11.1 Å². The van der Waals surface area contributed by atoms with Gasteiger partial charge in [0.25, 0.3) is 0 Å². The highest BCUT2D eigenvalue weighted by Crippen LogP contribution is 2.31. The summed E-state index contributed by atoms with van der Waals surface area (Å²) in [6.45, 7) is 1.86. The third-order valence-corrected chi connectivity index (χ3v) is 3.44. The number of benzene rings is 2. The molecule has 0 aromatic heterocycles. The molecule has 0 fully saturated rings. The Hall–Kier alpha value is -1.91. The zero-order valence-corrected chi connectivity index (χ0v) is 12.1. The molecule has 104 valence electrons. The van der Waals surface area contributed by atoms with Gasteiger partial charge in [0.05, 0.1) is 10.0 Å². The number of aryl methyl sites for hydroxylation is 1. The van der Waals surface area contributed by atoms with Crippen molar-refractivity contribution in [1.82, 2.24) is 0 Å². The van der Waals surface area contributed by atoms with E-state index in [-0.39, 0.29) is 5.84 Å². The van der Waals surface area contributed by atoms with Gasteiger partial charge >= 0.3 is 0 Å². The molecule has 0 atom stereocenters. The van der Waals surface area contributed by atoms with Crippen molar-refractivity contribution in [3.05, 3.63) is 57.6 Å². The molecule has 0 spiro atoms. The molecule has 0 aliphatic heterocycles. The summed E-state index contributed by atoms with van der Waals surface area (Å²) in [6, 6.07) is 10.2. The fourth-order valence-corrected chi connectivity index (χ4v) is 1.94. The first-order valence-corrected chi connectivity index (χ1v) is 6.48. The predicted octanol–water partition coefficient (Wildman–Crippen LogP) is 4.19. The predicted molar refractivity (Wildman–Crippen MR) is 80.2 cm³/mol. The zero-order valence-electron chi connectivity index (χ0n) is 10.6. The van der Waals surface area contributed by atoms with Gasteiger partial charge in [-0.1, -0.05) is 28.4 Å². The van der Waals surface area contributed by atoms with Crippen molar-refractivity contribution < 1.29 is 9.94 Å². The van der Waals surface area contributed by atoms with Crippen LogP contribution in [0, 0.1) is 6.92 Å². The number of amidine groups is 1. The maximum atomic E-state index is 8.64. The molecule has 0 saturated heterocycles. The van der Waals surface area contributed by atoms with E-state index in [1.807, 2.05) is 6.92 Å². The van der Waals surface area contributed by atoms with Gasteiger partial charge in [-0.15, -0.1) is 0 Å². The van der Waals surface area contributed by atoms with E-state index in [4.69, 9.17) is 38.9 Å². The van der Waals surface area contributed by atoms with Gasteiger partial charge in [0, 0.05) is 11.6 Å². The Balaban J connectivity index is 2.28. The molecule has 6 heteroatoms. The zero-order chi connectivity index (χ0) is 14.7. The summed E-state index contributed by atoms with van der Waals surface area (Å²) in [5.41, 5.74) is 6.99.